The molecule has 33 heavy (non-hydrogen) atoms. The molecule has 0 aliphatic rings. The van der Waals surface area contributed by atoms with Gasteiger partial charge < -0.3 is 14.8 Å². The van der Waals surface area contributed by atoms with Gasteiger partial charge in [-0.05, 0) is 49.1 Å². The van der Waals surface area contributed by atoms with Crippen molar-refractivity contribution in [3.8, 4) is 11.5 Å². The average Bonchev–Trinajstić information content (AvgIpc) is 2.80. The van der Waals surface area contributed by atoms with Crippen LogP contribution in [0, 0.1) is 0 Å². The number of carbonyl (C=O) groups is 1. The van der Waals surface area contributed by atoms with Crippen molar-refractivity contribution in [2.24, 2.45) is 0 Å². The number of anilines is 1. The Balaban J connectivity index is 1.66. The number of sulfonamides is 1. The standard InChI is InChI=1S/C25H30N2O5S/c1-4-23(27(33(3,29)30)20-13-15-21(16-14-20)31-5-2)25(28)26-17-18-32-24-12-8-10-19-9-6-7-11-22(19)24/h6-16,23H,4-5,17-18H2,1-3H3,(H,26,28)/t23-/m1/s1. The second kappa shape index (κ2) is 11.0. The van der Waals surface area contributed by atoms with Gasteiger partial charge in [-0.2, -0.15) is 0 Å². The molecule has 0 saturated heterocycles. The molecule has 8 heteroatoms. The van der Waals surface area contributed by atoms with Crippen LogP contribution in [0.2, 0.25) is 0 Å². The molecule has 0 aromatic heterocycles. The molecule has 0 fully saturated rings. The molecule has 1 amide bonds. The highest BCUT2D eigenvalue weighted by molar-refractivity contribution is 7.92. The van der Waals surface area contributed by atoms with Gasteiger partial charge >= 0.3 is 0 Å². The third-order valence-corrected chi connectivity index (χ3v) is 6.32. The molecular weight excluding hydrogens is 440 g/mol. The van der Waals surface area contributed by atoms with E-state index < -0.39 is 16.1 Å². The van der Waals surface area contributed by atoms with E-state index in [1.165, 1.54) is 0 Å². The quantitative estimate of drug-likeness (QED) is 0.429. The van der Waals surface area contributed by atoms with Gasteiger partial charge in [0.1, 0.15) is 24.1 Å². The SMILES string of the molecule is CCOc1ccc(N([C@H](CC)C(=O)NCCOc2cccc3ccccc23)S(C)(=O)=O)cc1. The molecule has 1 atom stereocenters. The summed E-state index contributed by atoms with van der Waals surface area (Å²) in [6.45, 7) is 4.68. The topological polar surface area (TPSA) is 84.9 Å². The molecule has 3 rings (SSSR count). The Bertz CT molecular complexity index is 1170. The number of hydrogen-bond donors (Lipinski definition) is 1. The third kappa shape index (κ3) is 6.16. The van der Waals surface area contributed by atoms with Crippen molar-refractivity contribution < 1.29 is 22.7 Å². The molecule has 0 aliphatic carbocycles. The third-order valence-electron chi connectivity index (χ3n) is 5.14. The van der Waals surface area contributed by atoms with Gasteiger partial charge in [0.25, 0.3) is 0 Å². The number of nitrogens with zero attached hydrogens (tertiary/aromatic N) is 1. The van der Waals surface area contributed by atoms with Crippen LogP contribution >= 0.6 is 0 Å². The number of fused-ring (bicyclic) bond motifs is 1. The molecule has 0 spiro atoms. The number of nitrogens with one attached hydrogen (secondary N) is 1. The molecule has 176 valence electrons. The summed E-state index contributed by atoms with van der Waals surface area (Å²) in [5.41, 5.74) is 0.412. The van der Waals surface area contributed by atoms with Crippen molar-refractivity contribution in [2.75, 3.05) is 30.3 Å². The number of amides is 1. The van der Waals surface area contributed by atoms with Crippen molar-refractivity contribution in [1.29, 1.82) is 0 Å². The zero-order valence-electron chi connectivity index (χ0n) is 19.2. The zero-order valence-corrected chi connectivity index (χ0v) is 20.0. The molecular formula is C25H30N2O5S. The maximum atomic E-state index is 12.9. The van der Waals surface area contributed by atoms with Crippen LogP contribution in [0.5, 0.6) is 11.5 Å². The predicted octanol–water partition coefficient (Wildman–Crippen LogP) is 3.98. The van der Waals surface area contributed by atoms with Gasteiger partial charge in [-0.3, -0.25) is 9.10 Å². The lowest BCUT2D eigenvalue weighted by atomic mass is 10.1. The van der Waals surface area contributed by atoms with Gasteiger partial charge in [-0.15, -0.1) is 0 Å². The van der Waals surface area contributed by atoms with Gasteiger partial charge in [0, 0.05) is 5.39 Å². The van der Waals surface area contributed by atoms with Crippen LogP contribution in [-0.2, 0) is 14.8 Å². The second-order valence-corrected chi connectivity index (χ2v) is 9.39. The average molecular weight is 471 g/mol. The minimum Gasteiger partial charge on any atom is -0.494 e. The van der Waals surface area contributed by atoms with Crippen LogP contribution in [0.25, 0.3) is 10.8 Å². The Morgan fingerprint density at radius 3 is 2.33 bits per heavy atom. The Hall–Kier alpha value is -3.26. The van der Waals surface area contributed by atoms with Gasteiger partial charge in [0.15, 0.2) is 0 Å². The van der Waals surface area contributed by atoms with Crippen molar-refractivity contribution in [1.82, 2.24) is 5.32 Å². The Labute approximate surface area is 195 Å². The molecule has 7 nitrogen and oxygen atoms in total. The number of carbonyl (C=O) groups excluding carboxylic acids is 1. The van der Waals surface area contributed by atoms with E-state index in [4.69, 9.17) is 9.47 Å². The molecule has 3 aromatic carbocycles. The van der Waals surface area contributed by atoms with Crippen LogP contribution in [0.3, 0.4) is 0 Å². The summed E-state index contributed by atoms with van der Waals surface area (Å²) in [4.78, 5) is 12.9. The molecule has 0 unspecified atom stereocenters. The molecule has 0 aliphatic heterocycles. The van der Waals surface area contributed by atoms with E-state index in [-0.39, 0.29) is 19.1 Å². The van der Waals surface area contributed by atoms with Gasteiger partial charge in [-0.1, -0.05) is 43.3 Å². The van der Waals surface area contributed by atoms with Gasteiger partial charge in [0.05, 0.1) is 25.1 Å². The fourth-order valence-electron chi connectivity index (χ4n) is 3.69. The van der Waals surface area contributed by atoms with E-state index in [1.807, 2.05) is 49.4 Å². The van der Waals surface area contributed by atoms with E-state index in [9.17, 15) is 13.2 Å². The molecule has 0 saturated carbocycles. The monoisotopic (exact) mass is 470 g/mol. The maximum Gasteiger partial charge on any atom is 0.244 e. The predicted molar refractivity (Wildman–Crippen MR) is 131 cm³/mol. The number of benzene rings is 3. The van der Waals surface area contributed by atoms with Crippen molar-refractivity contribution in [2.45, 2.75) is 26.3 Å². The largest absolute Gasteiger partial charge is 0.494 e. The summed E-state index contributed by atoms with van der Waals surface area (Å²) < 4.78 is 37.6. The fourth-order valence-corrected chi connectivity index (χ4v) is 4.90. The lowest BCUT2D eigenvalue weighted by molar-refractivity contribution is -0.122. The van der Waals surface area contributed by atoms with E-state index >= 15 is 0 Å². The van der Waals surface area contributed by atoms with Crippen molar-refractivity contribution in [3.63, 3.8) is 0 Å². The van der Waals surface area contributed by atoms with Crippen molar-refractivity contribution >= 4 is 32.4 Å². The van der Waals surface area contributed by atoms with E-state index in [1.54, 1.807) is 31.2 Å². The van der Waals surface area contributed by atoms with E-state index in [0.29, 0.717) is 24.5 Å². The highest BCUT2D eigenvalue weighted by Gasteiger charge is 2.31. The smallest absolute Gasteiger partial charge is 0.244 e. The Morgan fingerprint density at radius 2 is 1.67 bits per heavy atom. The number of rotatable bonds is 11. The van der Waals surface area contributed by atoms with Crippen LogP contribution in [0.4, 0.5) is 5.69 Å². The minimum atomic E-state index is -3.70. The normalized spacial score (nSPS) is 12.2. The Morgan fingerprint density at radius 1 is 0.970 bits per heavy atom. The summed E-state index contributed by atoms with van der Waals surface area (Å²) in [7, 11) is -3.70. The summed E-state index contributed by atoms with van der Waals surface area (Å²) in [6.07, 6.45) is 1.42. The second-order valence-electron chi connectivity index (χ2n) is 7.53. The lowest BCUT2D eigenvalue weighted by Crippen LogP contribution is -2.50. The van der Waals surface area contributed by atoms with Crippen LogP contribution < -0.4 is 19.1 Å². The lowest BCUT2D eigenvalue weighted by Gasteiger charge is -2.30. The maximum absolute atomic E-state index is 12.9. The summed E-state index contributed by atoms with van der Waals surface area (Å²) >= 11 is 0. The van der Waals surface area contributed by atoms with Crippen LogP contribution in [0.15, 0.2) is 66.7 Å². The van der Waals surface area contributed by atoms with Crippen LogP contribution in [-0.4, -0.2) is 46.4 Å². The van der Waals surface area contributed by atoms with Crippen LogP contribution in [0.1, 0.15) is 20.3 Å². The molecule has 0 bridgehead atoms. The van der Waals surface area contributed by atoms with Gasteiger partial charge in [-0.25, -0.2) is 8.42 Å². The molecule has 0 heterocycles. The van der Waals surface area contributed by atoms with Gasteiger partial charge in [0.2, 0.25) is 15.9 Å². The number of hydrogen-bond acceptors (Lipinski definition) is 5. The first-order valence-corrected chi connectivity index (χ1v) is 12.8. The first-order chi connectivity index (χ1) is 15.8. The van der Waals surface area contributed by atoms with Crippen molar-refractivity contribution in [3.05, 3.63) is 66.7 Å². The summed E-state index contributed by atoms with van der Waals surface area (Å²) in [6, 6.07) is 19.5. The first-order valence-electron chi connectivity index (χ1n) is 11.0. The molecule has 1 N–H and O–H groups in total. The number of ether oxygens (including phenoxy) is 2. The summed E-state index contributed by atoms with van der Waals surface area (Å²) in [5, 5.41) is 4.88. The molecule has 3 aromatic rings. The minimum absolute atomic E-state index is 0.249. The fraction of sp³-hybridized carbons (Fsp3) is 0.320. The zero-order chi connectivity index (χ0) is 23.8. The molecule has 0 radical (unpaired) electrons. The first kappa shape index (κ1) is 24.4. The Kier molecular flexibility index (Phi) is 8.16. The highest BCUT2D eigenvalue weighted by atomic mass is 32.2. The van der Waals surface area contributed by atoms with E-state index in [2.05, 4.69) is 5.32 Å². The van der Waals surface area contributed by atoms with E-state index in [0.717, 1.165) is 27.1 Å². The summed E-state index contributed by atoms with van der Waals surface area (Å²) in [5.74, 6) is 0.998. The highest BCUT2D eigenvalue weighted by Crippen LogP contribution is 2.26.